The third kappa shape index (κ3) is 3.84. The van der Waals surface area contributed by atoms with Crippen LogP contribution in [0, 0.1) is 5.82 Å². The summed E-state index contributed by atoms with van der Waals surface area (Å²) in [6.07, 6.45) is 1.28. The predicted octanol–water partition coefficient (Wildman–Crippen LogP) is 4.12. The molecule has 9 heteroatoms. The number of fused-ring (bicyclic) bond motifs is 2. The zero-order valence-corrected chi connectivity index (χ0v) is 19.8. The van der Waals surface area contributed by atoms with Gasteiger partial charge in [0.05, 0.1) is 38.8 Å². The fourth-order valence-electron chi connectivity index (χ4n) is 4.33. The number of nitrogens with zero attached hydrogens (tertiary/aromatic N) is 2. The van der Waals surface area contributed by atoms with Gasteiger partial charge in [-0.1, -0.05) is 24.3 Å². The van der Waals surface area contributed by atoms with Crippen LogP contribution in [-0.2, 0) is 6.54 Å². The van der Waals surface area contributed by atoms with E-state index in [2.05, 4.69) is 9.97 Å². The third-order valence-corrected chi connectivity index (χ3v) is 6.12. The monoisotopic (exact) mass is 487 g/mol. The number of hydrogen-bond acceptors (Lipinski definition) is 6. The minimum absolute atomic E-state index is 0.00181. The molecule has 0 saturated carbocycles. The maximum Gasteiger partial charge on any atom is 0.329 e. The number of ether oxygens (including phenoxy) is 3. The maximum absolute atomic E-state index is 16.3. The molecule has 5 aromatic rings. The van der Waals surface area contributed by atoms with E-state index in [0.29, 0.717) is 28.4 Å². The van der Waals surface area contributed by atoms with E-state index in [9.17, 15) is 9.59 Å². The Hall–Kier alpha value is -4.66. The van der Waals surface area contributed by atoms with E-state index in [1.54, 1.807) is 24.3 Å². The van der Waals surface area contributed by atoms with Crippen molar-refractivity contribution in [3.05, 3.63) is 93.0 Å². The Kier molecular flexibility index (Phi) is 5.89. The van der Waals surface area contributed by atoms with Crippen LogP contribution in [0.3, 0.4) is 0 Å². The van der Waals surface area contributed by atoms with Gasteiger partial charge in [-0.25, -0.2) is 9.18 Å². The number of benzene rings is 3. The molecular weight excluding hydrogens is 465 g/mol. The Morgan fingerprint density at radius 1 is 0.917 bits per heavy atom. The van der Waals surface area contributed by atoms with E-state index in [0.717, 1.165) is 10.8 Å². The summed E-state index contributed by atoms with van der Waals surface area (Å²) in [5.41, 5.74) is -0.557. The van der Waals surface area contributed by atoms with Crippen molar-refractivity contribution in [2.75, 3.05) is 21.3 Å². The zero-order valence-electron chi connectivity index (χ0n) is 19.8. The number of H-pyrrole nitrogens is 1. The molecule has 0 spiro atoms. The first-order valence-electron chi connectivity index (χ1n) is 11.0. The molecule has 0 bridgehead atoms. The maximum atomic E-state index is 16.3. The topological polar surface area (TPSA) is 95.4 Å². The molecule has 0 aliphatic carbocycles. The number of rotatable bonds is 6. The standard InChI is InChI=1S/C27H22FN3O5/c1-34-17-9-8-16(22(12-17)36-3)14-31-25-21(26(32)30-27(31)33)13-29-24(23(25)28)20-11-18(35-2)10-15-6-4-5-7-19(15)20/h4-13H,14H2,1-3H3,(H,30,32,33). The van der Waals surface area contributed by atoms with Crippen molar-refractivity contribution in [3.63, 3.8) is 0 Å². The molecule has 0 atom stereocenters. The molecule has 2 heterocycles. The van der Waals surface area contributed by atoms with Gasteiger partial charge in [0, 0.05) is 23.4 Å². The van der Waals surface area contributed by atoms with Gasteiger partial charge in [0.2, 0.25) is 0 Å². The van der Waals surface area contributed by atoms with Crippen molar-refractivity contribution >= 4 is 21.7 Å². The van der Waals surface area contributed by atoms with Crippen molar-refractivity contribution in [1.29, 1.82) is 0 Å². The van der Waals surface area contributed by atoms with Crippen LogP contribution in [0.4, 0.5) is 4.39 Å². The number of aromatic amines is 1. The molecule has 36 heavy (non-hydrogen) atoms. The Morgan fingerprint density at radius 2 is 1.69 bits per heavy atom. The molecule has 1 N–H and O–H groups in total. The average Bonchev–Trinajstić information content (AvgIpc) is 2.90. The second kappa shape index (κ2) is 9.18. The van der Waals surface area contributed by atoms with E-state index in [1.165, 1.54) is 32.1 Å². The van der Waals surface area contributed by atoms with E-state index < -0.39 is 17.1 Å². The van der Waals surface area contributed by atoms with Crippen molar-refractivity contribution in [2.45, 2.75) is 6.54 Å². The highest BCUT2D eigenvalue weighted by atomic mass is 19.1. The van der Waals surface area contributed by atoms with Crippen molar-refractivity contribution in [1.82, 2.24) is 14.5 Å². The van der Waals surface area contributed by atoms with Crippen LogP contribution in [0.1, 0.15) is 5.56 Å². The van der Waals surface area contributed by atoms with E-state index in [4.69, 9.17) is 14.2 Å². The SMILES string of the molecule is COc1ccc(Cn2c(=O)[nH]c(=O)c3cnc(-c4cc(OC)cc5ccccc45)c(F)c32)c(OC)c1. The summed E-state index contributed by atoms with van der Waals surface area (Å²) in [7, 11) is 4.54. The Bertz CT molecular complexity index is 1740. The van der Waals surface area contributed by atoms with Crippen LogP contribution >= 0.6 is 0 Å². The molecule has 0 aliphatic rings. The molecule has 3 aromatic carbocycles. The number of aromatic nitrogens is 3. The number of hydrogen-bond donors (Lipinski definition) is 1. The fourth-order valence-corrected chi connectivity index (χ4v) is 4.33. The van der Waals surface area contributed by atoms with Crippen LogP contribution in [0.25, 0.3) is 32.9 Å². The summed E-state index contributed by atoms with van der Waals surface area (Å²) in [6, 6.07) is 16.1. The molecule has 0 aliphatic heterocycles. The summed E-state index contributed by atoms with van der Waals surface area (Å²) in [5, 5.41) is 1.54. The van der Waals surface area contributed by atoms with Gasteiger partial charge in [-0.3, -0.25) is 19.3 Å². The summed E-state index contributed by atoms with van der Waals surface area (Å²) in [4.78, 5) is 32.1. The summed E-state index contributed by atoms with van der Waals surface area (Å²) in [6.45, 7) is -0.0570. The quantitative estimate of drug-likeness (QED) is 0.387. The summed E-state index contributed by atoms with van der Waals surface area (Å²) >= 11 is 0. The second-order valence-electron chi connectivity index (χ2n) is 8.10. The highest BCUT2D eigenvalue weighted by Gasteiger charge is 2.21. The minimum atomic E-state index is -0.790. The second-order valence-corrected chi connectivity index (χ2v) is 8.10. The van der Waals surface area contributed by atoms with Crippen molar-refractivity contribution in [3.8, 4) is 28.5 Å². The Labute approximate surface area is 204 Å². The Morgan fingerprint density at radius 3 is 2.44 bits per heavy atom. The molecule has 0 saturated heterocycles. The Balaban J connectivity index is 1.79. The van der Waals surface area contributed by atoms with Gasteiger partial charge in [0.15, 0.2) is 5.82 Å². The molecule has 0 unspecified atom stereocenters. The van der Waals surface area contributed by atoms with Gasteiger partial charge < -0.3 is 14.2 Å². The van der Waals surface area contributed by atoms with Gasteiger partial charge in [-0.05, 0) is 35.0 Å². The van der Waals surface area contributed by atoms with Crippen molar-refractivity contribution in [2.24, 2.45) is 0 Å². The van der Waals surface area contributed by atoms with Crippen LogP contribution in [0.15, 0.2) is 70.4 Å². The smallest absolute Gasteiger partial charge is 0.329 e. The number of halogens is 1. The first kappa shape index (κ1) is 23.1. The average molecular weight is 487 g/mol. The summed E-state index contributed by atoms with van der Waals surface area (Å²) < 4.78 is 33.5. The molecule has 182 valence electrons. The number of methoxy groups -OCH3 is 3. The summed E-state index contributed by atoms with van der Waals surface area (Å²) in [5.74, 6) is 0.753. The lowest BCUT2D eigenvalue weighted by Crippen LogP contribution is -2.31. The predicted molar refractivity (Wildman–Crippen MR) is 135 cm³/mol. The van der Waals surface area contributed by atoms with Gasteiger partial charge in [-0.2, -0.15) is 0 Å². The van der Waals surface area contributed by atoms with Crippen LogP contribution in [-0.4, -0.2) is 35.9 Å². The number of pyridine rings is 1. The minimum Gasteiger partial charge on any atom is -0.497 e. The molecule has 8 nitrogen and oxygen atoms in total. The van der Waals surface area contributed by atoms with E-state index in [-0.39, 0.29) is 23.1 Å². The molecule has 5 rings (SSSR count). The zero-order chi connectivity index (χ0) is 25.4. The highest BCUT2D eigenvalue weighted by molar-refractivity contribution is 5.98. The first-order valence-corrected chi connectivity index (χ1v) is 11.0. The van der Waals surface area contributed by atoms with Gasteiger partial charge in [-0.15, -0.1) is 0 Å². The largest absolute Gasteiger partial charge is 0.497 e. The molecule has 0 fully saturated rings. The molecule has 2 aromatic heterocycles. The first-order chi connectivity index (χ1) is 17.4. The highest BCUT2D eigenvalue weighted by Crippen LogP contribution is 2.35. The van der Waals surface area contributed by atoms with E-state index >= 15 is 4.39 Å². The van der Waals surface area contributed by atoms with Crippen LogP contribution in [0.5, 0.6) is 17.2 Å². The van der Waals surface area contributed by atoms with Crippen LogP contribution in [0.2, 0.25) is 0 Å². The lowest BCUT2D eigenvalue weighted by atomic mass is 10.00. The number of nitrogens with one attached hydrogen (secondary N) is 1. The molecular formula is C27H22FN3O5. The lowest BCUT2D eigenvalue weighted by molar-refractivity contribution is 0.390. The fraction of sp³-hybridized carbons (Fsp3) is 0.148. The van der Waals surface area contributed by atoms with Gasteiger partial charge in [0.1, 0.15) is 22.9 Å². The lowest BCUT2D eigenvalue weighted by Gasteiger charge is -2.16. The van der Waals surface area contributed by atoms with Gasteiger partial charge >= 0.3 is 5.69 Å². The third-order valence-electron chi connectivity index (χ3n) is 6.12. The van der Waals surface area contributed by atoms with E-state index in [1.807, 2.05) is 30.3 Å². The molecule has 0 radical (unpaired) electrons. The van der Waals surface area contributed by atoms with Crippen LogP contribution < -0.4 is 25.5 Å². The molecule has 0 amide bonds. The normalized spacial score (nSPS) is 11.1. The van der Waals surface area contributed by atoms with Crippen molar-refractivity contribution < 1.29 is 18.6 Å². The van der Waals surface area contributed by atoms with Gasteiger partial charge in [0.25, 0.3) is 5.56 Å².